The summed E-state index contributed by atoms with van der Waals surface area (Å²) in [7, 11) is 0. The van der Waals surface area contributed by atoms with Crippen molar-refractivity contribution in [3.05, 3.63) is 106 Å². The Labute approximate surface area is 202 Å². The number of carbonyl (C=O) groups is 1. The van der Waals surface area contributed by atoms with Gasteiger partial charge in [0.2, 0.25) is 0 Å². The van der Waals surface area contributed by atoms with Gasteiger partial charge in [-0.15, -0.1) is 11.3 Å². The van der Waals surface area contributed by atoms with E-state index < -0.39 is 0 Å². The van der Waals surface area contributed by atoms with Gasteiger partial charge in [-0.05, 0) is 60.6 Å². The van der Waals surface area contributed by atoms with Gasteiger partial charge in [0.1, 0.15) is 11.5 Å². The zero-order valence-corrected chi connectivity index (χ0v) is 19.4. The summed E-state index contributed by atoms with van der Waals surface area (Å²) in [4.78, 5) is 23.3. The fourth-order valence-electron chi connectivity index (χ4n) is 4.00. The molecular weight excluding hydrogens is 444 g/mol. The maximum atomic E-state index is 13.6. The van der Waals surface area contributed by atoms with Gasteiger partial charge in [0, 0.05) is 36.1 Å². The van der Waals surface area contributed by atoms with Gasteiger partial charge in [-0.1, -0.05) is 25.1 Å². The van der Waals surface area contributed by atoms with E-state index in [4.69, 9.17) is 0 Å². The SMILES string of the molecule is CC1C=C(O)C(C2CC(c3cccnc3)=NN2C(=O)c2ccc(C#Cc3ccccn3)s2)=CC1. The van der Waals surface area contributed by atoms with Crippen LogP contribution in [-0.4, -0.2) is 37.7 Å². The van der Waals surface area contributed by atoms with E-state index in [0.717, 1.165) is 28.1 Å². The van der Waals surface area contributed by atoms with E-state index in [1.807, 2.05) is 48.6 Å². The highest BCUT2D eigenvalue weighted by molar-refractivity contribution is 7.14. The lowest BCUT2D eigenvalue weighted by atomic mass is 9.90. The summed E-state index contributed by atoms with van der Waals surface area (Å²) in [6.07, 6.45) is 10.3. The number of carbonyl (C=O) groups excluding carboxylic acids is 1. The maximum absolute atomic E-state index is 13.6. The quantitative estimate of drug-likeness (QED) is 0.553. The highest BCUT2D eigenvalue weighted by Crippen LogP contribution is 2.34. The van der Waals surface area contributed by atoms with E-state index in [1.54, 1.807) is 24.7 Å². The van der Waals surface area contributed by atoms with E-state index in [9.17, 15) is 9.90 Å². The molecule has 2 aliphatic rings. The largest absolute Gasteiger partial charge is 0.508 e. The molecule has 6 nitrogen and oxygen atoms in total. The number of aromatic nitrogens is 2. The number of hydrogen-bond donors (Lipinski definition) is 1. The van der Waals surface area contributed by atoms with Crippen molar-refractivity contribution in [1.29, 1.82) is 0 Å². The third kappa shape index (κ3) is 4.54. The fourth-order valence-corrected chi connectivity index (χ4v) is 4.79. The molecule has 3 aromatic heterocycles. The first-order valence-electron chi connectivity index (χ1n) is 11.0. The zero-order valence-electron chi connectivity index (χ0n) is 18.5. The van der Waals surface area contributed by atoms with Crippen LogP contribution in [0.5, 0.6) is 0 Å². The van der Waals surface area contributed by atoms with Crippen LogP contribution in [0.1, 0.15) is 45.6 Å². The lowest BCUT2D eigenvalue weighted by Gasteiger charge is -2.26. The predicted octanol–water partition coefficient (Wildman–Crippen LogP) is 4.96. The van der Waals surface area contributed by atoms with Crippen molar-refractivity contribution >= 4 is 23.0 Å². The molecule has 0 aromatic carbocycles. The summed E-state index contributed by atoms with van der Waals surface area (Å²) in [5, 5.41) is 16.9. The standard InChI is InChI=1S/C27H22N4O2S/c1-18-7-11-22(25(32)15-18)24-16-23(19-5-4-13-28-17-19)30-31(24)27(33)26-12-10-21(34-26)9-8-20-6-2-3-14-29-20/h2-6,10-15,17-18,24,32H,7,16H2,1H3. The molecule has 2 unspecified atom stereocenters. The van der Waals surface area contributed by atoms with Crippen LogP contribution in [0.4, 0.5) is 0 Å². The van der Waals surface area contributed by atoms with Crippen molar-refractivity contribution in [2.45, 2.75) is 25.8 Å². The summed E-state index contributed by atoms with van der Waals surface area (Å²) in [6.45, 7) is 2.05. The molecule has 7 heteroatoms. The van der Waals surface area contributed by atoms with Gasteiger partial charge in [-0.2, -0.15) is 5.10 Å². The zero-order chi connectivity index (χ0) is 23.5. The predicted molar refractivity (Wildman–Crippen MR) is 132 cm³/mol. The lowest BCUT2D eigenvalue weighted by molar-refractivity contribution is 0.0737. The second kappa shape index (κ2) is 9.46. The van der Waals surface area contributed by atoms with E-state index >= 15 is 0 Å². The molecule has 1 aliphatic carbocycles. The summed E-state index contributed by atoms with van der Waals surface area (Å²) in [5.41, 5.74) is 3.05. The number of nitrogens with zero attached hydrogens (tertiary/aromatic N) is 4. The first kappa shape index (κ1) is 21.8. The first-order valence-corrected chi connectivity index (χ1v) is 11.9. The van der Waals surface area contributed by atoms with Crippen LogP contribution in [0.15, 0.2) is 89.6 Å². The molecule has 0 bridgehead atoms. The summed E-state index contributed by atoms with van der Waals surface area (Å²) >= 11 is 1.32. The van der Waals surface area contributed by atoms with Gasteiger partial charge in [0.25, 0.3) is 5.91 Å². The monoisotopic (exact) mass is 466 g/mol. The number of aliphatic hydroxyl groups excluding tert-OH is 1. The van der Waals surface area contributed by atoms with Crippen LogP contribution < -0.4 is 0 Å². The van der Waals surface area contributed by atoms with Crippen molar-refractivity contribution in [2.75, 3.05) is 0 Å². The third-order valence-electron chi connectivity index (χ3n) is 5.72. The van der Waals surface area contributed by atoms with Gasteiger partial charge in [-0.25, -0.2) is 9.99 Å². The van der Waals surface area contributed by atoms with E-state index in [1.165, 1.54) is 16.3 Å². The molecule has 4 heterocycles. The summed E-state index contributed by atoms with van der Waals surface area (Å²) < 4.78 is 0. The second-order valence-corrected chi connectivity index (χ2v) is 9.30. The van der Waals surface area contributed by atoms with E-state index in [2.05, 4.69) is 33.8 Å². The summed E-state index contributed by atoms with van der Waals surface area (Å²) in [5.74, 6) is 6.36. The number of pyridine rings is 2. The smallest absolute Gasteiger partial charge is 0.284 e. The molecule has 1 aliphatic heterocycles. The van der Waals surface area contributed by atoms with Crippen molar-refractivity contribution in [3.8, 4) is 11.8 Å². The Balaban J connectivity index is 1.45. The molecule has 0 fully saturated rings. The van der Waals surface area contributed by atoms with Gasteiger partial charge in [0.15, 0.2) is 0 Å². The molecule has 168 valence electrons. The Kier molecular flexibility index (Phi) is 6.07. The van der Waals surface area contributed by atoms with Crippen molar-refractivity contribution < 1.29 is 9.90 Å². The minimum atomic E-state index is -0.378. The molecule has 3 aromatic rings. The minimum Gasteiger partial charge on any atom is -0.508 e. The molecule has 5 rings (SSSR count). The lowest BCUT2D eigenvalue weighted by Crippen LogP contribution is -2.35. The van der Waals surface area contributed by atoms with Gasteiger partial charge >= 0.3 is 0 Å². The highest BCUT2D eigenvalue weighted by atomic mass is 32.1. The molecule has 0 spiro atoms. The molecule has 34 heavy (non-hydrogen) atoms. The average Bonchev–Trinajstić information content (AvgIpc) is 3.52. The average molecular weight is 467 g/mol. The molecule has 1 amide bonds. The van der Waals surface area contributed by atoms with Crippen LogP contribution in [0.2, 0.25) is 0 Å². The fraction of sp³-hybridized carbons (Fsp3) is 0.185. The highest BCUT2D eigenvalue weighted by Gasteiger charge is 2.37. The first-order chi connectivity index (χ1) is 16.6. The van der Waals surface area contributed by atoms with Crippen LogP contribution in [0, 0.1) is 17.8 Å². The molecular formula is C27H22N4O2S. The normalized spacial score (nSPS) is 19.6. The topological polar surface area (TPSA) is 78.7 Å². The number of hydrogen-bond acceptors (Lipinski definition) is 6. The molecule has 0 radical (unpaired) electrons. The van der Waals surface area contributed by atoms with Crippen LogP contribution in [0.25, 0.3) is 0 Å². The Bertz CT molecular complexity index is 1360. The Morgan fingerprint density at radius 2 is 2.06 bits per heavy atom. The van der Waals surface area contributed by atoms with Crippen molar-refractivity contribution in [3.63, 3.8) is 0 Å². The van der Waals surface area contributed by atoms with E-state index in [0.29, 0.717) is 17.0 Å². The van der Waals surface area contributed by atoms with Gasteiger partial charge in [0.05, 0.1) is 21.5 Å². The number of allylic oxidation sites excluding steroid dienone is 2. The van der Waals surface area contributed by atoms with Crippen LogP contribution in [-0.2, 0) is 0 Å². The number of hydrazone groups is 1. The number of aliphatic hydroxyl groups is 1. The Morgan fingerprint density at radius 3 is 2.82 bits per heavy atom. The number of amides is 1. The van der Waals surface area contributed by atoms with E-state index in [-0.39, 0.29) is 23.6 Å². The summed E-state index contributed by atoms with van der Waals surface area (Å²) in [6, 6.07) is 12.6. The van der Waals surface area contributed by atoms with Crippen LogP contribution >= 0.6 is 11.3 Å². The van der Waals surface area contributed by atoms with Crippen molar-refractivity contribution in [1.82, 2.24) is 15.0 Å². The minimum absolute atomic E-state index is 0.216. The van der Waals surface area contributed by atoms with Gasteiger partial charge in [-0.3, -0.25) is 9.78 Å². The maximum Gasteiger partial charge on any atom is 0.284 e. The number of rotatable bonds is 3. The second-order valence-electron chi connectivity index (χ2n) is 8.21. The molecule has 0 saturated heterocycles. The number of thiophene rings is 1. The third-order valence-corrected chi connectivity index (χ3v) is 6.70. The Hall–Kier alpha value is -4.02. The molecule has 2 atom stereocenters. The van der Waals surface area contributed by atoms with Crippen molar-refractivity contribution in [2.24, 2.45) is 11.0 Å². The Morgan fingerprint density at radius 1 is 1.15 bits per heavy atom. The molecule has 1 N–H and O–H groups in total. The molecule has 0 saturated carbocycles. The van der Waals surface area contributed by atoms with Gasteiger partial charge < -0.3 is 5.11 Å². The van der Waals surface area contributed by atoms with Crippen LogP contribution in [0.3, 0.4) is 0 Å².